The Morgan fingerprint density at radius 3 is 3.00 bits per heavy atom. The number of aromatic nitrogens is 1. The van der Waals surface area contributed by atoms with Crippen LogP contribution >= 0.6 is 11.3 Å². The zero-order valence-electron chi connectivity index (χ0n) is 10.2. The van der Waals surface area contributed by atoms with Gasteiger partial charge in [-0.25, -0.2) is 4.98 Å². The van der Waals surface area contributed by atoms with Crippen molar-refractivity contribution in [2.24, 2.45) is 0 Å². The van der Waals surface area contributed by atoms with Crippen LogP contribution in [0.15, 0.2) is 5.38 Å². The Morgan fingerprint density at radius 2 is 2.47 bits per heavy atom. The number of nitrogens with one attached hydrogen (secondary N) is 1. The molecule has 5 nitrogen and oxygen atoms in total. The van der Waals surface area contributed by atoms with Gasteiger partial charge in [0.1, 0.15) is 0 Å². The molecule has 0 saturated heterocycles. The fourth-order valence-electron chi connectivity index (χ4n) is 1.59. The Labute approximate surface area is 105 Å². The minimum atomic E-state index is -0.0363. The molecule has 1 amide bonds. The van der Waals surface area contributed by atoms with Crippen molar-refractivity contribution in [3.8, 4) is 0 Å². The number of hydrogen-bond donors (Lipinski definition) is 2. The van der Waals surface area contributed by atoms with E-state index in [1.165, 1.54) is 11.3 Å². The fourth-order valence-corrected chi connectivity index (χ4v) is 2.16. The van der Waals surface area contributed by atoms with Gasteiger partial charge in [-0.05, 0) is 6.42 Å². The smallest absolute Gasteiger partial charge is 0.226 e. The van der Waals surface area contributed by atoms with Crippen molar-refractivity contribution in [2.75, 3.05) is 19.5 Å². The lowest BCUT2D eigenvalue weighted by Gasteiger charge is -2.16. The normalized spacial score (nSPS) is 12.4. The molecule has 0 aliphatic heterocycles. The number of ether oxygens (including phenoxy) is 1. The van der Waals surface area contributed by atoms with Crippen LogP contribution in [-0.4, -0.2) is 30.6 Å². The highest BCUT2D eigenvalue weighted by Crippen LogP contribution is 2.11. The summed E-state index contributed by atoms with van der Waals surface area (Å²) in [5, 5.41) is 5.24. The summed E-state index contributed by atoms with van der Waals surface area (Å²) in [5.41, 5.74) is 6.23. The highest BCUT2D eigenvalue weighted by molar-refractivity contribution is 7.13. The predicted molar refractivity (Wildman–Crippen MR) is 68.9 cm³/mol. The van der Waals surface area contributed by atoms with Gasteiger partial charge in [0.15, 0.2) is 5.13 Å². The number of hydrogen-bond acceptors (Lipinski definition) is 5. The summed E-state index contributed by atoms with van der Waals surface area (Å²) >= 11 is 1.35. The van der Waals surface area contributed by atoms with Gasteiger partial charge in [0.25, 0.3) is 0 Å². The van der Waals surface area contributed by atoms with Crippen molar-refractivity contribution in [3.63, 3.8) is 0 Å². The molecule has 1 aromatic rings. The summed E-state index contributed by atoms with van der Waals surface area (Å²) in [5.74, 6) is -0.0363. The van der Waals surface area contributed by atoms with Crippen LogP contribution < -0.4 is 11.1 Å². The maximum atomic E-state index is 11.7. The molecule has 1 atom stereocenters. The highest BCUT2D eigenvalue weighted by atomic mass is 32.1. The second-order valence-electron chi connectivity index (χ2n) is 3.86. The van der Waals surface area contributed by atoms with Crippen molar-refractivity contribution >= 4 is 22.4 Å². The van der Waals surface area contributed by atoms with Crippen molar-refractivity contribution < 1.29 is 9.53 Å². The van der Waals surface area contributed by atoms with E-state index in [0.29, 0.717) is 11.7 Å². The summed E-state index contributed by atoms with van der Waals surface area (Å²) in [4.78, 5) is 15.8. The minimum Gasteiger partial charge on any atom is -0.383 e. The molecule has 1 aromatic heterocycles. The molecule has 1 unspecified atom stereocenters. The third-order valence-corrected chi connectivity index (χ3v) is 3.00. The number of carbonyl (C=O) groups excluding carboxylic acids is 1. The predicted octanol–water partition coefficient (Wildman–Crippen LogP) is 1.20. The van der Waals surface area contributed by atoms with E-state index in [9.17, 15) is 4.79 Å². The first-order chi connectivity index (χ1) is 8.15. The Bertz CT molecular complexity index is 348. The van der Waals surface area contributed by atoms with Crippen LogP contribution in [0.3, 0.4) is 0 Å². The molecule has 6 heteroatoms. The molecule has 0 aromatic carbocycles. The monoisotopic (exact) mass is 257 g/mol. The van der Waals surface area contributed by atoms with E-state index in [-0.39, 0.29) is 18.4 Å². The first-order valence-corrected chi connectivity index (χ1v) is 6.51. The molecule has 0 fully saturated rings. The average molecular weight is 257 g/mol. The van der Waals surface area contributed by atoms with Crippen molar-refractivity contribution in [2.45, 2.75) is 32.2 Å². The Morgan fingerprint density at radius 1 is 1.71 bits per heavy atom. The van der Waals surface area contributed by atoms with Crippen LogP contribution in [0.2, 0.25) is 0 Å². The SMILES string of the molecule is CCCC(COC)NC(=O)Cc1csc(N)n1. The number of anilines is 1. The summed E-state index contributed by atoms with van der Waals surface area (Å²) in [6, 6.07) is 0.0773. The Balaban J connectivity index is 2.41. The van der Waals surface area contributed by atoms with Gasteiger partial charge in [-0.1, -0.05) is 13.3 Å². The van der Waals surface area contributed by atoms with E-state index in [2.05, 4.69) is 17.2 Å². The molecule has 0 spiro atoms. The second kappa shape index (κ2) is 7.24. The van der Waals surface area contributed by atoms with Crippen LogP contribution in [0, 0.1) is 0 Å². The van der Waals surface area contributed by atoms with Crippen molar-refractivity contribution in [1.82, 2.24) is 10.3 Å². The third-order valence-electron chi connectivity index (χ3n) is 2.28. The van der Waals surface area contributed by atoms with Crippen molar-refractivity contribution in [1.29, 1.82) is 0 Å². The number of amides is 1. The number of thiazole rings is 1. The van der Waals surface area contributed by atoms with Gasteiger partial charge in [-0.3, -0.25) is 4.79 Å². The number of rotatable bonds is 7. The fraction of sp³-hybridized carbons (Fsp3) is 0.636. The molecule has 1 rings (SSSR count). The maximum absolute atomic E-state index is 11.7. The largest absolute Gasteiger partial charge is 0.383 e. The van der Waals surface area contributed by atoms with E-state index >= 15 is 0 Å². The first kappa shape index (κ1) is 13.9. The summed E-state index contributed by atoms with van der Waals surface area (Å²) in [6.07, 6.45) is 2.20. The highest BCUT2D eigenvalue weighted by Gasteiger charge is 2.12. The van der Waals surface area contributed by atoms with Crippen LogP contribution in [-0.2, 0) is 16.0 Å². The lowest BCUT2D eigenvalue weighted by Crippen LogP contribution is -2.38. The van der Waals surface area contributed by atoms with E-state index in [0.717, 1.165) is 18.5 Å². The van der Waals surface area contributed by atoms with Gasteiger partial charge < -0.3 is 15.8 Å². The molecule has 0 bridgehead atoms. The van der Waals surface area contributed by atoms with Crippen LogP contribution in [0.25, 0.3) is 0 Å². The molecule has 3 N–H and O–H groups in total. The van der Waals surface area contributed by atoms with Gasteiger partial charge in [0.05, 0.1) is 24.8 Å². The quantitative estimate of drug-likeness (QED) is 0.769. The number of nitrogens with zero attached hydrogens (tertiary/aromatic N) is 1. The van der Waals surface area contributed by atoms with E-state index in [4.69, 9.17) is 10.5 Å². The third kappa shape index (κ3) is 5.14. The average Bonchev–Trinajstić information content (AvgIpc) is 2.64. The summed E-state index contributed by atoms with van der Waals surface area (Å²) in [7, 11) is 1.63. The van der Waals surface area contributed by atoms with Crippen LogP contribution in [0.4, 0.5) is 5.13 Å². The summed E-state index contributed by atoms with van der Waals surface area (Å²) in [6.45, 7) is 2.62. The Hall–Kier alpha value is -1.14. The van der Waals surface area contributed by atoms with Gasteiger partial charge in [-0.2, -0.15) is 0 Å². The maximum Gasteiger partial charge on any atom is 0.226 e. The molecule has 0 radical (unpaired) electrons. The standard InChI is InChI=1S/C11H19N3O2S/c1-3-4-8(6-16-2)13-10(15)5-9-7-17-11(12)14-9/h7-8H,3-6H2,1-2H3,(H2,12,14)(H,13,15). The zero-order chi connectivity index (χ0) is 12.7. The lowest BCUT2D eigenvalue weighted by atomic mass is 10.1. The van der Waals surface area contributed by atoms with E-state index in [1.807, 2.05) is 0 Å². The number of nitrogens with two attached hydrogens (primary N) is 1. The van der Waals surface area contributed by atoms with Gasteiger partial charge >= 0.3 is 0 Å². The zero-order valence-corrected chi connectivity index (χ0v) is 11.0. The number of carbonyl (C=O) groups is 1. The second-order valence-corrected chi connectivity index (χ2v) is 4.75. The Kier molecular flexibility index (Phi) is 5.93. The molecule has 0 aliphatic carbocycles. The molecule has 0 aliphatic rings. The molecule has 0 saturated carbocycles. The first-order valence-electron chi connectivity index (χ1n) is 5.63. The lowest BCUT2D eigenvalue weighted by molar-refractivity contribution is -0.121. The van der Waals surface area contributed by atoms with Crippen LogP contribution in [0.5, 0.6) is 0 Å². The summed E-state index contributed by atoms with van der Waals surface area (Å²) < 4.78 is 5.06. The van der Waals surface area contributed by atoms with E-state index < -0.39 is 0 Å². The van der Waals surface area contributed by atoms with Crippen LogP contribution in [0.1, 0.15) is 25.5 Å². The van der Waals surface area contributed by atoms with Gasteiger partial charge in [0.2, 0.25) is 5.91 Å². The topological polar surface area (TPSA) is 77.2 Å². The molecule has 1 heterocycles. The molecular formula is C11H19N3O2S. The molecule has 17 heavy (non-hydrogen) atoms. The van der Waals surface area contributed by atoms with Gasteiger partial charge in [0, 0.05) is 12.5 Å². The van der Waals surface area contributed by atoms with Gasteiger partial charge in [-0.15, -0.1) is 11.3 Å². The minimum absolute atomic E-state index is 0.0363. The molecule has 96 valence electrons. The molecular weight excluding hydrogens is 238 g/mol. The van der Waals surface area contributed by atoms with E-state index in [1.54, 1.807) is 12.5 Å². The number of methoxy groups -OCH3 is 1. The van der Waals surface area contributed by atoms with Crippen molar-refractivity contribution in [3.05, 3.63) is 11.1 Å². The number of nitrogen functional groups attached to an aromatic ring is 1.